The van der Waals surface area contributed by atoms with E-state index < -0.39 is 6.04 Å². The van der Waals surface area contributed by atoms with Gasteiger partial charge in [0.05, 0.1) is 6.04 Å². The zero-order valence-electron chi connectivity index (χ0n) is 15.7. The lowest BCUT2D eigenvalue weighted by Gasteiger charge is -2.18. The average molecular weight is 384 g/mol. The molecule has 5 nitrogen and oxygen atoms in total. The van der Waals surface area contributed by atoms with Crippen LogP contribution in [0.2, 0.25) is 0 Å². The largest absolute Gasteiger partial charge is 0.454 e. The summed E-state index contributed by atoms with van der Waals surface area (Å²) in [6, 6.07) is 23.0. The van der Waals surface area contributed by atoms with Gasteiger partial charge in [-0.15, -0.1) is 0 Å². The maximum absolute atomic E-state index is 13.5. The first-order chi connectivity index (χ1) is 14.3. The van der Waals surface area contributed by atoms with E-state index in [9.17, 15) is 4.79 Å². The number of para-hydroxylation sites is 1. The lowest BCUT2D eigenvalue weighted by molar-refractivity contribution is 0.0943. The van der Waals surface area contributed by atoms with E-state index in [1.54, 1.807) is 6.20 Å². The second-order valence-electron chi connectivity index (χ2n) is 7.02. The van der Waals surface area contributed by atoms with Gasteiger partial charge in [0.15, 0.2) is 17.3 Å². The topological polar surface area (TPSA) is 63.4 Å². The molecule has 1 aliphatic heterocycles. The molecule has 0 radical (unpaired) electrons. The molecule has 5 rings (SSSR count). The molecule has 1 aromatic heterocycles. The number of Topliss-reactive ketones (excluding diaryl/α,β-unsaturated/α-hetero) is 1. The van der Waals surface area contributed by atoms with Gasteiger partial charge in [0, 0.05) is 29.2 Å². The fourth-order valence-electron chi connectivity index (χ4n) is 3.71. The molecule has 2 N–H and O–H groups in total. The average Bonchev–Trinajstić information content (AvgIpc) is 3.41. The van der Waals surface area contributed by atoms with Gasteiger partial charge in [-0.1, -0.05) is 54.6 Å². The summed E-state index contributed by atoms with van der Waals surface area (Å²) in [5.41, 5.74) is 3.61. The highest BCUT2D eigenvalue weighted by molar-refractivity contribution is 6.10. The monoisotopic (exact) mass is 384 g/mol. The molecule has 0 saturated heterocycles. The van der Waals surface area contributed by atoms with Crippen molar-refractivity contribution in [3.05, 3.63) is 95.7 Å². The van der Waals surface area contributed by atoms with Crippen LogP contribution in [0.4, 0.5) is 0 Å². The highest BCUT2D eigenvalue weighted by Crippen LogP contribution is 2.33. The molecule has 0 amide bonds. The predicted octanol–water partition coefficient (Wildman–Crippen LogP) is 4.61. The van der Waals surface area contributed by atoms with Gasteiger partial charge in [0.1, 0.15) is 0 Å². The van der Waals surface area contributed by atoms with Crippen molar-refractivity contribution in [1.29, 1.82) is 0 Å². The molecule has 0 unspecified atom stereocenters. The molecule has 0 bridgehead atoms. The summed E-state index contributed by atoms with van der Waals surface area (Å²) in [4.78, 5) is 16.7. The van der Waals surface area contributed by atoms with Crippen molar-refractivity contribution >= 4 is 16.7 Å². The highest BCUT2D eigenvalue weighted by Gasteiger charge is 2.24. The molecular weight excluding hydrogens is 364 g/mol. The van der Waals surface area contributed by atoms with E-state index in [4.69, 9.17) is 9.47 Å². The van der Waals surface area contributed by atoms with Crippen molar-refractivity contribution in [2.45, 2.75) is 12.6 Å². The molecule has 0 saturated carbocycles. The Hall–Kier alpha value is -3.57. The van der Waals surface area contributed by atoms with Crippen LogP contribution in [0.15, 0.2) is 79.0 Å². The maximum atomic E-state index is 13.5. The third-order valence-corrected chi connectivity index (χ3v) is 5.20. The highest BCUT2D eigenvalue weighted by atomic mass is 16.7. The van der Waals surface area contributed by atoms with Crippen LogP contribution < -0.4 is 14.8 Å². The minimum Gasteiger partial charge on any atom is -0.454 e. The van der Waals surface area contributed by atoms with Crippen molar-refractivity contribution < 1.29 is 14.3 Å². The Morgan fingerprint density at radius 3 is 2.66 bits per heavy atom. The van der Waals surface area contributed by atoms with E-state index in [2.05, 4.69) is 10.3 Å². The van der Waals surface area contributed by atoms with Crippen LogP contribution in [0.5, 0.6) is 11.5 Å². The lowest BCUT2D eigenvalue weighted by atomic mass is 9.96. The zero-order chi connectivity index (χ0) is 19.6. The number of hydrogen-bond donors (Lipinski definition) is 2. The first-order valence-electron chi connectivity index (χ1n) is 9.57. The first kappa shape index (κ1) is 17.5. The number of aromatic nitrogens is 1. The number of hydrogen-bond acceptors (Lipinski definition) is 4. The third kappa shape index (κ3) is 3.37. The number of ether oxygens (including phenoxy) is 2. The van der Waals surface area contributed by atoms with Gasteiger partial charge in [-0.2, -0.15) is 0 Å². The van der Waals surface area contributed by atoms with Crippen LogP contribution in [-0.4, -0.2) is 17.6 Å². The van der Waals surface area contributed by atoms with Gasteiger partial charge in [-0.3, -0.25) is 10.1 Å². The number of fused-ring (bicyclic) bond motifs is 2. The normalized spacial score (nSPS) is 13.5. The maximum Gasteiger partial charge on any atom is 0.231 e. The van der Waals surface area contributed by atoms with Gasteiger partial charge in [0.2, 0.25) is 6.79 Å². The smallest absolute Gasteiger partial charge is 0.231 e. The Morgan fingerprint density at radius 2 is 1.76 bits per heavy atom. The summed E-state index contributed by atoms with van der Waals surface area (Å²) in [5, 5.41) is 4.37. The molecular formula is C24H20N2O3. The van der Waals surface area contributed by atoms with Crippen molar-refractivity contribution in [3.8, 4) is 11.5 Å². The standard InChI is InChI=1S/C24H20N2O3/c27-24(19-14-25-20-9-5-4-8-18(19)20)23(17-6-2-1-3-7-17)26-13-16-10-11-21-22(12-16)29-15-28-21/h1-12,14,23,25-26H,13,15H2/t23-/m1/s1. The Morgan fingerprint density at radius 1 is 0.966 bits per heavy atom. The molecule has 5 heteroatoms. The van der Waals surface area contributed by atoms with Gasteiger partial charge < -0.3 is 14.5 Å². The molecule has 4 aromatic rings. The predicted molar refractivity (Wildman–Crippen MR) is 111 cm³/mol. The van der Waals surface area contributed by atoms with Crippen LogP contribution in [0.3, 0.4) is 0 Å². The molecule has 144 valence electrons. The van der Waals surface area contributed by atoms with E-state index in [1.807, 2.05) is 72.8 Å². The number of aromatic amines is 1. The van der Waals surface area contributed by atoms with Crippen molar-refractivity contribution in [1.82, 2.24) is 10.3 Å². The van der Waals surface area contributed by atoms with E-state index in [1.165, 1.54) is 0 Å². The fourth-order valence-corrected chi connectivity index (χ4v) is 3.71. The number of rotatable bonds is 6. The fraction of sp³-hybridized carbons (Fsp3) is 0.125. The molecule has 1 aliphatic rings. The van der Waals surface area contributed by atoms with Gasteiger partial charge >= 0.3 is 0 Å². The summed E-state index contributed by atoms with van der Waals surface area (Å²) < 4.78 is 10.8. The Balaban J connectivity index is 1.45. The lowest BCUT2D eigenvalue weighted by Crippen LogP contribution is -2.28. The van der Waals surface area contributed by atoms with Crippen LogP contribution >= 0.6 is 0 Å². The first-order valence-corrected chi connectivity index (χ1v) is 9.57. The summed E-state index contributed by atoms with van der Waals surface area (Å²) in [5.74, 6) is 1.53. The van der Waals surface area contributed by atoms with Crippen molar-refractivity contribution in [3.63, 3.8) is 0 Å². The second-order valence-corrected chi connectivity index (χ2v) is 7.02. The van der Waals surface area contributed by atoms with Crippen LogP contribution in [-0.2, 0) is 6.54 Å². The van der Waals surface area contributed by atoms with E-state index in [0.29, 0.717) is 12.1 Å². The number of carbonyl (C=O) groups is 1. The van der Waals surface area contributed by atoms with E-state index >= 15 is 0 Å². The number of nitrogens with one attached hydrogen (secondary N) is 2. The summed E-state index contributed by atoms with van der Waals surface area (Å²) in [7, 11) is 0. The molecule has 29 heavy (non-hydrogen) atoms. The Kier molecular flexibility index (Phi) is 4.50. The van der Waals surface area contributed by atoms with Crippen LogP contribution in [0, 0.1) is 0 Å². The minimum absolute atomic E-state index is 0.0365. The van der Waals surface area contributed by atoms with Gasteiger partial charge in [0.25, 0.3) is 0 Å². The second kappa shape index (κ2) is 7.45. The Bertz CT molecular complexity index is 1170. The minimum atomic E-state index is -0.458. The SMILES string of the molecule is O=C(c1c[nH]c2ccccc12)[C@H](NCc1ccc2c(c1)OCO2)c1ccccc1. The molecule has 3 aromatic carbocycles. The van der Waals surface area contributed by atoms with Crippen LogP contribution in [0.1, 0.15) is 27.5 Å². The Labute approximate surface area is 168 Å². The van der Waals surface area contributed by atoms with Gasteiger partial charge in [-0.25, -0.2) is 0 Å². The van der Waals surface area contributed by atoms with E-state index in [-0.39, 0.29) is 12.6 Å². The van der Waals surface area contributed by atoms with Crippen molar-refractivity contribution in [2.75, 3.05) is 6.79 Å². The molecule has 2 heterocycles. The number of benzene rings is 3. The molecule has 0 fully saturated rings. The summed E-state index contributed by atoms with van der Waals surface area (Å²) in [6.45, 7) is 0.780. The van der Waals surface area contributed by atoms with E-state index in [0.717, 1.165) is 33.5 Å². The summed E-state index contributed by atoms with van der Waals surface area (Å²) >= 11 is 0. The van der Waals surface area contributed by atoms with Gasteiger partial charge in [-0.05, 0) is 29.3 Å². The van der Waals surface area contributed by atoms with Crippen LogP contribution in [0.25, 0.3) is 10.9 Å². The van der Waals surface area contributed by atoms with Crippen molar-refractivity contribution in [2.24, 2.45) is 0 Å². The number of H-pyrrole nitrogens is 1. The summed E-state index contributed by atoms with van der Waals surface area (Å²) in [6.07, 6.45) is 1.80. The molecule has 0 spiro atoms. The third-order valence-electron chi connectivity index (χ3n) is 5.20. The molecule has 1 atom stereocenters. The zero-order valence-corrected chi connectivity index (χ0v) is 15.7. The number of carbonyl (C=O) groups excluding carboxylic acids is 1. The molecule has 0 aliphatic carbocycles. The quantitative estimate of drug-likeness (QED) is 0.477. The number of ketones is 1.